The van der Waals surface area contributed by atoms with Crippen LogP contribution in [0.4, 0.5) is 0 Å². The summed E-state index contributed by atoms with van der Waals surface area (Å²) in [4.78, 5) is 4.10. The zero-order valence-corrected chi connectivity index (χ0v) is 8.84. The Morgan fingerprint density at radius 1 is 1.23 bits per heavy atom. The van der Waals surface area contributed by atoms with E-state index in [-0.39, 0.29) is 18.2 Å². The fourth-order valence-corrected chi connectivity index (χ4v) is 1.96. The molecule has 74 valence electrons. The second-order valence-corrected chi connectivity index (χ2v) is 3.37. The quantitative estimate of drug-likeness (QED) is 0.514. The lowest BCUT2D eigenvalue weighted by molar-refractivity contribution is -0.0268. The Bertz CT molecular complexity index is 192. The van der Waals surface area contributed by atoms with Gasteiger partial charge in [-0.05, 0) is 31.5 Å². The number of thiocarbonyl (C=S) groups is 1. The Morgan fingerprint density at radius 3 is 2.15 bits per heavy atom. The molecule has 0 spiro atoms. The molecule has 4 heteroatoms. The lowest BCUT2D eigenvalue weighted by Gasteiger charge is -2.32. The first-order chi connectivity index (χ1) is 6.33. The third-order valence-electron chi connectivity index (χ3n) is 2.55. The van der Waals surface area contributed by atoms with Gasteiger partial charge in [-0.2, -0.15) is 0 Å². The first-order valence-corrected chi connectivity index (χ1v) is 4.87. The maximum absolute atomic E-state index is 5.33. The molecule has 0 aliphatic heterocycles. The van der Waals surface area contributed by atoms with Crippen LogP contribution in [0.1, 0.15) is 19.3 Å². The predicted octanol–water partition coefficient (Wildman–Crippen LogP) is 1.67. The van der Waals surface area contributed by atoms with Gasteiger partial charge in [0.15, 0.2) is 0 Å². The van der Waals surface area contributed by atoms with Crippen LogP contribution in [0.15, 0.2) is 4.99 Å². The van der Waals surface area contributed by atoms with Gasteiger partial charge in [0.2, 0.25) is 0 Å². The number of hydrogen-bond donors (Lipinski definition) is 0. The molecule has 0 aromatic rings. The van der Waals surface area contributed by atoms with Crippen LogP contribution in [-0.2, 0) is 9.47 Å². The molecule has 0 aromatic carbocycles. The van der Waals surface area contributed by atoms with E-state index in [0.29, 0.717) is 0 Å². The second-order valence-electron chi connectivity index (χ2n) is 3.19. The van der Waals surface area contributed by atoms with Gasteiger partial charge >= 0.3 is 0 Å². The summed E-state index contributed by atoms with van der Waals surface area (Å²) in [5, 5.41) is 2.41. The van der Waals surface area contributed by atoms with E-state index in [2.05, 4.69) is 22.4 Å². The van der Waals surface area contributed by atoms with Crippen LogP contribution >= 0.6 is 12.2 Å². The van der Waals surface area contributed by atoms with Crippen molar-refractivity contribution in [1.82, 2.24) is 0 Å². The van der Waals surface area contributed by atoms with Crippen molar-refractivity contribution in [3.8, 4) is 0 Å². The first-order valence-electron chi connectivity index (χ1n) is 4.46. The van der Waals surface area contributed by atoms with Crippen LogP contribution < -0.4 is 0 Å². The van der Waals surface area contributed by atoms with E-state index in [1.807, 2.05) is 0 Å². The van der Waals surface area contributed by atoms with Crippen molar-refractivity contribution < 1.29 is 9.47 Å². The van der Waals surface area contributed by atoms with E-state index in [1.54, 1.807) is 14.2 Å². The number of aliphatic imine (C=N–C) groups is 1. The number of hydrogen-bond acceptors (Lipinski definition) is 4. The molecule has 3 atom stereocenters. The van der Waals surface area contributed by atoms with E-state index in [0.717, 1.165) is 19.3 Å². The minimum absolute atomic E-state index is 0.0289. The smallest absolute Gasteiger partial charge is 0.112 e. The highest BCUT2D eigenvalue weighted by atomic mass is 32.1. The number of ether oxygens (including phenoxy) is 2. The number of methoxy groups -OCH3 is 2. The SMILES string of the molecule is CO[C@H]1CCC[C@@H](OC)[C@@H]1N=C=S. The van der Waals surface area contributed by atoms with Gasteiger partial charge in [0.1, 0.15) is 6.04 Å². The summed E-state index contributed by atoms with van der Waals surface area (Å²) < 4.78 is 10.7. The molecule has 0 bridgehead atoms. The minimum atomic E-state index is 0.0289. The van der Waals surface area contributed by atoms with Crippen LogP contribution in [0.3, 0.4) is 0 Å². The molecule has 3 nitrogen and oxygen atoms in total. The molecule has 1 rings (SSSR count). The highest BCUT2D eigenvalue weighted by Crippen LogP contribution is 2.25. The molecule has 13 heavy (non-hydrogen) atoms. The van der Waals surface area contributed by atoms with E-state index in [4.69, 9.17) is 9.47 Å². The zero-order chi connectivity index (χ0) is 9.68. The standard InChI is InChI=1S/C9H15NO2S/c1-11-7-4-3-5-8(12-2)9(7)10-6-13/h7-9H,3-5H2,1-2H3/t7-,8+,9+. The van der Waals surface area contributed by atoms with Crippen LogP contribution in [0, 0.1) is 0 Å². The van der Waals surface area contributed by atoms with Crippen molar-refractivity contribution >= 4 is 17.4 Å². The zero-order valence-electron chi connectivity index (χ0n) is 8.03. The van der Waals surface area contributed by atoms with E-state index >= 15 is 0 Å². The summed E-state index contributed by atoms with van der Waals surface area (Å²) in [6.07, 6.45) is 3.45. The van der Waals surface area contributed by atoms with Crippen molar-refractivity contribution in [2.24, 2.45) is 4.99 Å². The van der Waals surface area contributed by atoms with Crippen molar-refractivity contribution in [3.05, 3.63) is 0 Å². The third-order valence-corrected chi connectivity index (χ3v) is 2.65. The number of rotatable bonds is 3. The van der Waals surface area contributed by atoms with Crippen molar-refractivity contribution in [3.63, 3.8) is 0 Å². The van der Waals surface area contributed by atoms with Gasteiger partial charge in [-0.3, -0.25) is 0 Å². The topological polar surface area (TPSA) is 30.8 Å². The first kappa shape index (κ1) is 10.8. The van der Waals surface area contributed by atoms with Crippen LogP contribution in [0.5, 0.6) is 0 Å². The Balaban J connectivity index is 2.69. The fraction of sp³-hybridized carbons (Fsp3) is 0.889. The Morgan fingerprint density at radius 2 is 1.77 bits per heavy atom. The van der Waals surface area contributed by atoms with Gasteiger partial charge in [-0.25, -0.2) is 4.99 Å². The van der Waals surface area contributed by atoms with Crippen LogP contribution in [0.25, 0.3) is 0 Å². The number of nitrogens with zero attached hydrogens (tertiary/aromatic N) is 1. The monoisotopic (exact) mass is 201 g/mol. The lowest BCUT2D eigenvalue weighted by atomic mass is 9.90. The molecule has 0 aromatic heterocycles. The lowest BCUT2D eigenvalue weighted by Crippen LogP contribution is -2.41. The second kappa shape index (κ2) is 5.45. The molecular formula is C9H15NO2S. The highest BCUT2D eigenvalue weighted by molar-refractivity contribution is 7.78. The maximum atomic E-state index is 5.33. The van der Waals surface area contributed by atoms with Crippen LogP contribution in [-0.4, -0.2) is 37.6 Å². The fourth-order valence-electron chi connectivity index (χ4n) is 1.84. The summed E-state index contributed by atoms with van der Waals surface area (Å²) in [5.74, 6) is 0. The van der Waals surface area contributed by atoms with Gasteiger partial charge in [0, 0.05) is 14.2 Å². The van der Waals surface area contributed by atoms with Crippen molar-refractivity contribution in [1.29, 1.82) is 0 Å². The van der Waals surface area contributed by atoms with Gasteiger partial charge in [0.25, 0.3) is 0 Å². The highest BCUT2D eigenvalue weighted by Gasteiger charge is 2.33. The molecule has 1 aliphatic rings. The van der Waals surface area contributed by atoms with Gasteiger partial charge in [-0.15, -0.1) is 0 Å². The molecule has 1 aliphatic carbocycles. The molecule has 0 heterocycles. The number of isothiocyanates is 1. The van der Waals surface area contributed by atoms with Gasteiger partial charge < -0.3 is 9.47 Å². The van der Waals surface area contributed by atoms with Gasteiger partial charge in [-0.1, -0.05) is 0 Å². The summed E-state index contributed by atoms with van der Waals surface area (Å²) in [6, 6.07) is 0.0289. The Kier molecular flexibility index (Phi) is 4.53. The minimum Gasteiger partial charge on any atom is -0.379 e. The maximum Gasteiger partial charge on any atom is 0.112 e. The van der Waals surface area contributed by atoms with E-state index in [9.17, 15) is 0 Å². The summed E-state index contributed by atoms with van der Waals surface area (Å²) in [7, 11) is 3.41. The molecule has 0 unspecified atom stereocenters. The Hall–Kier alpha value is -0.280. The normalized spacial score (nSPS) is 33.8. The van der Waals surface area contributed by atoms with E-state index < -0.39 is 0 Å². The molecule has 0 saturated heterocycles. The molecule has 1 fully saturated rings. The Labute approximate surface area is 84.1 Å². The van der Waals surface area contributed by atoms with Crippen molar-refractivity contribution in [2.45, 2.75) is 37.5 Å². The van der Waals surface area contributed by atoms with Crippen LogP contribution in [0.2, 0.25) is 0 Å². The predicted molar refractivity (Wildman–Crippen MR) is 54.3 cm³/mol. The molecule has 0 radical (unpaired) electrons. The average molecular weight is 201 g/mol. The summed E-state index contributed by atoms with van der Waals surface area (Å²) in [5.41, 5.74) is 0. The van der Waals surface area contributed by atoms with Crippen molar-refractivity contribution in [2.75, 3.05) is 14.2 Å². The van der Waals surface area contributed by atoms with Gasteiger partial charge in [0.05, 0.1) is 17.4 Å². The average Bonchev–Trinajstić information content (AvgIpc) is 2.18. The molecule has 1 saturated carbocycles. The molecule has 0 amide bonds. The summed E-state index contributed by atoms with van der Waals surface area (Å²) in [6.45, 7) is 0. The molecule has 0 N–H and O–H groups in total. The largest absolute Gasteiger partial charge is 0.379 e. The van der Waals surface area contributed by atoms with E-state index in [1.165, 1.54) is 0 Å². The third kappa shape index (κ3) is 2.58. The summed E-state index contributed by atoms with van der Waals surface area (Å²) >= 11 is 4.61. The molecular weight excluding hydrogens is 186 g/mol.